The van der Waals surface area contributed by atoms with Crippen molar-refractivity contribution in [1.82, 2.24) is 5.32 Å². The average molecular weight is 350 g/mol. The van der Waals surface area contributed by atoms with Crippen LogP contribution in [0.4, 0.5) is 5.69 Å². The second-order valence-electron chi connectivity index (χ2n) is 4.48. The number of carbonyl (C=O) groups excluding carboxylic acids is 1. The van der Waals surface area contributed by atoms with Crippen molar-refractivity contribution >= 4 is 33.2 Å². The Morgan fingerprint density at radius 1 is 1.22 bits per heavy atom. The minimum absolute atomic E-state index is 0.00968. The highest BCUT2D eigenvalue weighted by Crippen LogP contribution is 2.24. The minimum atomic E-state index is -4.03. The van der Waals surface area contributed by atoms with Crippen LogP contribution >= 0.6 is 11.6 Å². The van der Waals surface area contributed by atoms with Gasteiger partial charge in [0.25, 0.3) is 15.9 Å². The van der Waals surface area contributed by atoms with Gasteiger partial charge in [-0.3, -0.25) is 9.52 Å². The summed E-state index contributed by atoms with van der Waals surface area (Å²) in [6.45, 7) is 0. The maximum atomic E-state index is 12.5. The van der Waals surface area contributed by atoms with Gasteiger partial charge in [-0.25, -0.2) is 8.42 Å². The number of hydrogen-bond donors (Lipinski definition) is 2. The Morgan fingerprint density at radius 3 is 2.57 bits per heavy atom. The predicted octanol–water partition coefficient (Wildman–Crippen LogP) is 2.37. The van der Waals surface area contributed by atoms with Gasteiger partial charge in [-0.05, 0) is 30.3 Å². The summed E-state index contributed by atoms with van der Waals surface area (Å²) in [7, 11) is -2.61. The second kappa shape index (κ2) is 6.69. The fourth-order valence-corrected chi connectivity index (χ4v) is 3.33. The number of anilines is 1. The number of nitrogens with zero attached hydrogens (tertiary/aromatic N) is 1. The van der Waals surface area contributed by atoms with Crippen LogP contribution in [0.1, 0.15) is 15.9 Å². The highest BCUT2D eigenvalue weighted by molar-refractivity contribution is 7.92. The van der Waals surface area contributed by atoms with Crippen LogP contribution in [0, 0.1) is 11.3 Å². The number of benzene rings is 2. The average Bonchev–Trinajstić information content (AvgIpc) is 2.55. The first-order valence-corrected chi connectivity index (χ1v) is 8.28. The van der Waals surface area contributed by atoms with E-state index in [1.54, 1.807) is 6.07 Å². The molecule has 2 rings (SSSR count). The van der Waals surface area contributed by atoms with E-state index in [4.69, 9.17) is 16.9 Å². The van der Waals surface area contributed by atoms with Crippen molar-refractivity contribution in [2.75, 3.05) is 11.8 Å². The summed E-state index contributed by atoms with van der Waals surface area (Å²) in [5.41, 5.74) is 0.162. The first-order chi connectivity index (χ1) is 10.9. The molecule has 0 unspecified atom stereocenters. The smallest absolute Gasteiger partial charge is 0.263 e. The molecular weight excluding hydrogens is 338 g/mol. The van der Waals surface area contributed by atoms with E-state index in [0.29, 0.717) is 5.02 Å². The van der Waals surface area contributed by atoms with E-state index in [-0.39, 0.29) is 21.7 Å². The summed E-state index contributed by atoms with van der Waals surface area (Å²) < 4.78 is 27.3. The molecule has 0 aromatic heterocycles. The first kappa shape index (κ1) is 16.8. The van der Waals surface area contributed by atoms with Gasteiger partial charge in [-0.15, -0.1) is 0 Å². The van der Waals surface area contributed by atoms with E-state index in [2.05, 4.69) is 10.0 Å². The monoisotopic (exact) mass is 349 g/mol. The van der Waals surface area contributed by atoms with Crippen molar-refractivity contribution in [2.24, 2.45) is 0 Å². The van der Waals surface area contributed by atoms with Gasteiger partial charge < -0.3 is 5.32 Å². The molecule has 0 fully saturated rings. The Balaban J connectivity index is 2.50. The van der Waals surface area contributed by atoms with E-state index < -0.39 is 15.9 Å². The molecule has 0 saturated carbocycles. The number of hydrogen-bond acceptors (Lipinski definition) is 4. The Hall–Kier alpha value is -2.56. The molecule has 6 nitrogen and oxygen atoms in total. The molecule has 0 aliphatic carbocycles. The van der Waals surface area contributed by atoms with Crippen LogP contribution in [0.25, 0.3) is 0 Å². The number of halogens is 1. The predicted molar refractivity (Wildman–Crippen MR) is 86.8 cm³/mol. The lowest BCUT2D eigenvalue weighted by Gasteiger charge is -2.13. The molecule has 118 valence electrons. The third kappa shape index (κ3) is 3.62. The Kier molecular flexibility index (Phi) is 4.89. The van der Waals surface area contributed by atoms with Crippen molar-refractivity contribution in [3.05, 3.63) is 58.6 Å². The molecule has 23 heavy (non-hydrogen) atoms. The quantitative estimate of drug-likeness (QED) is 0.885. The van der Waals surface area contributed by atoms with E-state index in [9.17, 15) is 13.2 Å². The number of sulfonamides is 1. The minimum Gasteiger partial charge on any atom is -0.355 e. The number of amides is 1. The maximum Gasteiger partial charge on any atom is 0.263 e. The van der Waals surface area contributed by atoms with E-state index in [0.717, 1.165) is 0 Å². The van der Waals surface area contributed by atoms with Gasteiger partial charge >= 0.3 is 0 Å². The van der Waals surface area contributed by atoms with Crippen LogP contribution in [0.2, 0.25) is 5.02 Å². The number of rotatable bonds is 4. The lowest BCUT2D eigenvalue weighted by Crippen LogP contribution is -2.22. The van der Waals surface area contributed by atoms with Crippen LogP contribution in [-0.4, -0.2) is 21.4 Å². The third-order valence-corrected chi connectivity index (χ3v) is 4.65. The summed E-state index contributed by atoms with van der Waals surface area (Å²) in [5.74, 6) is -0.487. The molecule has 0 spiro atoms. The van der Waals surface area contributed by atoms with Crippen molar-refractivity contribution in [1.29, 1.82) is 5.26 Å². The lowest BCUT2D eigenvalue weighted by molar-refractivity contribution is 0.0964. The van der Waals surface area contributed by atoms with Crippen LogP contribution in [0.15, 0.2) is 47.4 Å². The number of carbonyl (C=O) groups is 1. The Labute approximate surface area is 138 Å². The van der Waals surface area contributed by atoms with E-state index in [1.807, 2.05) is 6.07 Å². The summed E-state index contributed by atoms with van der Waals surface area (Å²) in [4.78, 5) is 11.7. The van der Waals surface area contributed by atoms with Gasteiger partial charge in [0, 0.05) is 12.1 Å². The summed E-state index contributed by atoms with van der Waals surface area (Å²) >= 11 is 5.85. The lowest BCUT2D eigenvalue weighted by atomic mass is 10.2. The fraction of sp³-hybridized carbons (Fsp3) is 0.0667. The molecule has 0 aliphatic rings. The summed E-state index contributed by atoms with van der Waals surface area (Å²) in [6.07, 6.45) is 0. The normalized spacial score (nSPS) is 10.7. The van der Waals surface area contributed by atoms with Crippen molar-refractivity contribution in [3.8, 4) is 6.07 Å². The van der Waals surface area contributed by atoms with Gasteiger partial charge in [0.2, 0.25) is 0 Å². The standard InChI is InChI=1S/C15H12ClN3O3S/c1-18-15(20)12-8-11(16)6-7-13(12)19-23(21,22)14-5-3-2-4-10(14)9-17/h2-8,19H,1H3,(H,18,20). The topological polar surface area (TPSA) is 99.1 Å². The molecule has 2 aromatic rings. The van der Waals surface area contributed by atoms with E-state index >= 15 is 0 Å². The summed E-state index contributed by atoms with van der Waals surface area (Å²) in [5, 5.41) is 11.7. The van der Waals surface area contributed by atoms with Gasteiger partial charge in [-0.1, -0.05) is 23.7 Å². The molecule has 0 radical (unpaired) electrons. The van der Waals surface area contributed by atoms with Gasteiger partial charge in [0.15, 0.2) is 0 Å². The highest BCUT2D eigenvalue weighted by Gasteiger charge is 2.21. The molecule has 0 heterocycles. The van der Waals surface area contributed by atoms with Crippen molar-refractivity contribution in [2.45, 2.75) is 4.90 Å². The van der Waals surface area contributed by atoms with Gasteiger partial charge in [-0.2, -0.15) is 5.26 Å². The zero-order valence-corrected chi connectivity index (χ0v) is 13.6. The molecule has 8 heteroatoms. The molecule has 0 atom stereocenters. The molecule has 0 aliphatic heterocycles. The Bertz CT molecular complexity index is 904. The molecule has 2 N–H and O–H groups in total. The largest absolute Gasteiger partial charge is 0.355 e. The fourth-order valence-electron chi connectivity index (χ4n) is 1.92. The van der Waals surface area contributed by atoms with Gasteiger partial charge in [0.05, 0.1) is 16.8 Å². The molecule has 1 amide bonds. The zero-order chi connectivity index (χ0) is 17.0. The second-order valence-corrected chi connectivity index (χ2v) is 6.57. The number of nitriles is 1. The van der Waals surface area contributed by atoms with Crippen LogP contribution in [-0.2, 0) is 10.0 Å². The van der Waals surface area contributed by atoms with Crippen LogP contribution < -0.4 is 10.0 Å². The molecule has 2 aromatic carbocycles. The zero-order valence-electron chi connectivity index (χ0n) is 12.0. The van der Waals surface area contributed by atoms with Crippen molar-refractivity contribution < 1.29 is 13.2 Å². The molecule has 0 bridgehead atoms. The maximum absolute atomic E-state index is 12.5. The number of nitrogens with one attached hydrogen (secondary N) is 2. The van der Waals surface area contributed by atoms with Gasteiger partial charge in [0.1, 0.15) is 11.0 Å². The SMILES string of the molecule is CNC(=O)c1cc(Cl)ccc1NS(=O)(=O)c1ccccc1C#N. The first-order valence-electron chi connectivity index (χ1n) is 6.42. The highest BCUT2D eigenvalue weighted by atomic mass is 35.5. The van der Waals surface area contributed by atoms with Crippen molar-refractivity contribution in [3.63, 3.8) is 0 Å². The van der Waals surface area contributed by atoms with E-state index in [1.165, 1.54) is 43.4 Å². The van der Waals surface area contributed by atoms with Crippen LogP contribution in [0.5, 0.6) is 0 Å². The third-order valence-electron chi connectivity index (χ3n) is 2.99. The molecule has 0 saturated heterocycles. The summed E-state index contributed by atoms with van der Waals surface area (Å²) in [6, 6.07) is 11.8. The van der Waals surface area contributed by atoms with Crippen LogP contribution in [0.3, 0.4) is 0 Å². The molecular formula is C15H12ClN3O3S. The Morgan fingerprint density at radius 2 is 1.91 bits per heavy atom.